The van der Waals surface area contributed by atoms with Crippen LogP contribution in [0.2, 0.25) is 0 Å². The number of ether oxygens (including phenoxy) is 1. The SMILES string of the molecule is Cc1n[nH]c(C)c1[C@H](C)NC(=O)[C@H](C)N1CC[C@]2(CCC1=O)CC(=O)c1ccccc1O2. The van der Waals surface area contributed by atoms with Gasteiger partial charge in [-0.15, -0.1) is 0 Å². The summed E-state index contributed by atoms with van der Waals surface area (Å²) in [7, 11) is 0. The first-order valence-corrected chi connectivity index (χ1v) is 11.1. The number of para-hydroxylation sites is 1. The number of carbonyl (C=O) groups is 3. The first-order chi connectivity index (χ1) is 15.2. The first kappa shape index (κ1) is 22.0. The summed E-state index contributed by atoms with van der Waals surface area (Å²) >= 11 is 0. The summed E-state index contributed by atoms with van der Waals surface area (Å²) in [6.45, 7) is 7.83. The van der Waals surface area contributed by atoms with Gasteiger partial charge in [0.25, 0.3) is 0 Å². The number of fused-ring (bicyclic) bond motifs is 1. The van der Waals surface area contributed by atoms with Crippen LogP contribution in [0.4, 0.5) is 0 Å². The molecule has 2 aromatic rings. The second kappa shape index (κ2) is 8.41. The van der Waals surface area contributed by atoms with Gasteiger partial charge in [-0.1, -0.05) is 12.1 Å². The highest BCUT2D eigenvalue weighted by molar-refractivity contribution is 6.00. The van der Waals surface area contributed by atoms with E-state index in [4.69, 9.17) is 4.74 Å². The van der Waals surface area contributed by atoms with Crippen LogP contribution in [0.3, 0.4) is 0 Å². The quantitative estimate of drug-likeness (QED) is 0.764. The number of rotatable bonds is 4. The van der Waals surface area contributed by atoms with Crippen molar-refractivity contribution < 1.29 is 19.1 Å². The molecule has 3 heterocycles. The summed E-state index contributed by atoms with van der Waals surface area (Å²) in [5.74, 6) is 0.309. The van der Waals surface area contributed by atoms with Crippen molar-refractivity contribution in [3.05, 3.63) is 46.8 Å². The van der Waals surface area contributed by atoms with Gasteiger partial charge >= 0.3 is 0 Å². The van der Waals surface area contributed by atoms with Crippen LogP contribution in [-0.2, 0) is 9.59 Å². The Kier molecular flexibility index (Phi) is 5.79. The maximum absolute atomic E-state index is 13.0. The Morgan fingerprint density at radius 3 is 2.69 bits per heavy atom. The van der Waals surface area contributed by atoms with Crippen molar-refractivity contribution >= 4 is 17.6 Å². The van der Waals surface area contributed by atoms with Crippen molar-refractivity contribution in [2.45, 2.75) is 71.1 Å². The van der Waals surface area contributed by atoms with E-state index >= 15 is 0 Å². The standard InChI is InChI=1S/C24H30N4O4/c1-14(22-15(2)26-27-16(22)3)25-23(31)17(4)28-12-11-24(10-9-21(28)30)13-19(29)18-7-5-6-8-20(18)32-24/h5-8,14,17H,9-13H2,1-4H3,(H,25,31)(H,26,27)/t14-,17-,24+/m0/s1. The molecule has 170 valence electrons. The summed E-state index contributed by atoms with van der Waals surface area (Å²) in [6, 6.07) is 6.39. The fourth-order valence-electron chi connectivity index (χ4n) is 4.93. The van der Waals surface area contributed by atoms with E-state index < -0.39 is 11.6 Å². The molecule has 3 atom stereocenters. The summed E-state index contributed by atoms with van der Waals surface area (Å²) < 4.78 is 6.28. The molecule has 1 spiro atoms. The summed E-state index contributed by atoms with van der Waals surface area (Å²) in [5.41, 5.74) is 2.60. The molecule has 0 radical (unpaired) electrons. The second-order valence-electron chi connectivity index (χ2n) is 8.97. The van der Waals surface area contributed by atoms with Gasteiger partial charge in [0.1, 0.15) is 17.4 Å². The highest BCUT2D eigenvalue weighted by atomic mass is 16.5. The van der Waals surface area contributed by atoms with E-state index in [1.807, 2.05) is 32.9 Å². The Morgan fingerprint density at radius 2 is 1.97 bits per heavy atom. The Labute approximate surface area is 187 Å². The molecule has 8 heteroatoms. The van der Waals surface area contributed by atoms with Crippen molar-refractivity contribution in [2.24, 2.45) is 0 Å². The number of Topliss-reactive ketones (excluding diaryl/α,β-unsaturated/α-hetero) is 1. The molecule has 1 aromatic heterocycles. The van der Waals surface area contributed by atoms with Crippen LogP contribution in [0.1, 0.15) is 72.9 Å². The number of nitrogens with zero attached hydrogens (tertiary/aromatic N) is 2. The predicted molar refractivity (Wildman–Crippen MR) is 118 cm³/mol. The van der Waals surface area contributed by atoms with Crippen molar-refractivity contribution in [3.63, 3.8) is 0 Å². The molecule has 0 unspecified atom stereocenters. The summed E-state index contributed by atoms with van der Waals surface area (Å²) in [4.78, 5) is 40.2. The van der Waals surface area contributed by atoms with Crippen LogP contribution >= 0.6 is 0 Å². The molecular formula is C24H30N4O4. The molecule has 1 aromatic carbocycles. The number of benzene rings is 1. The minimum absolute atomic E-state index is 0.0400. The van der Waals surface area contributed by atoms with Gasteiger partial charge in [0, 0.05) is 30.6 Å². The third kappa shape index (κ3) is 4.01. The third-order valence-electron chi connectivity index (χ3n) is 6.74. The molecule has 8 nitrogen and oxygen atoms in total. The normalized spacial score (nSPS) is 22.7. The average molecular weight is 439 g/mol. The van der Waals surface area contributed by atoms with Crippen LogP contribution in [0, 0.1) is 13.8 Å². The number of H-pyrrole nitrogens is 1. The van der Waals surface area contributed by atoms with Gasteiger partial charge in [-0.05, 0) is 46.2 Å². The van der Waals surface area contributed by atoms with Gasteiger partial charge in [0.2, 0.25) is 11.8 Å². The summed E-state index contributed by atoms with van der Waals surface area (Å²) in [5, 5.41) is 10.1. The Morgan fingerprint density at radius 1 is 1.22 bits per heavy atom. The number of carbonyl (C=O) groups excluding carboxylic acids is 3. The van der Waals surface area contributed by atoms with Crippen molar-refractivity contribution in [1.82, 2.24) is 20.4 Å². The Hall–Kier alpha value is -3.16. The molecule has 1 saturated heterocycles. The molecule has 2 N–H and O–H groups in total. The lowest BCUT2D eigenvalue weighted by Gasteiger charge is -2.37. The van der Waals surface area contributed by atoms with Crippen LogP contribution < -0.4 is 10.1 Å². The van der Waals surface area contributed by atoms with Crippen molar-refractivity contribution in [3.8, 4) is 5.75 Å². The first-order valence-electron chi connectivity index (χ1n) is 11.1. The third-order valence-corrected chi connectivity index (χ3v) is 6.74. The van der Waals surface area contributed by atoms with Gasteiger partial charge in [-0.2, -0.15) is 5.10 Å². The number of hydrogen-bond acceptors (Lipinski definition) is 5. The van der Waals surface area contributed by atoms with Crippen LogP contribution in [-0.4, -0.2) is 50.9 Å². The number of amides is 2. The predicted octanol–water partition coefficient (Wildman–Crippen LogP) is 3.01. The van der Waals surface area contributed by atoms with Crippen molar-refractivity contribution in [1.29, 1.82) is 0 Å². The monoisotopic (exact) mass is 438 g/mol. The number of aromatic nitrogens is 2. The van der Waals surface area contributed by atoms with E-state index in [0.29, 0.717) is 30.7 Å². The fourth-order valence-corrected chi connectivity index (χ4v) is 4.93. The van der Waals surface area contributed by atoms with Gasteiger partial charge < -0.3 is 15.0 Å². The zero-order valence-electron chi connectivity index (χ0n) is 19.0. The van der Waals surface area contributed by atoms with Gasteiger partial charge in [-0.3, -0.25) is 19.5 Å². The lowest BCUT2D eigenvalue weighted by Crippen LogP contribution is -2.49. The highest BCUT2D eigenvalue weighted by Crippen LogP contribution is 2.39. The highest BCUT2D eigenvalue weighted by Gasteiger charge is 2.44. The molecule has 32 heavy (non-hydrogen) atoms. The summed E-state index contributed by atoms with van der Waals surface area (Å²) in [6.07, 6.45) is 1.46. The number of aryl methyl sites for hydroxylation is 2. The largest absolute Gasteiger partial charge is 0.486 e. The van der Waals surface area contributed by atoms with Crippen LogP contribution in [0.15, 0.2) is 24.3 Å². The van der Waals surface area contributed by atoms with Crippen LogP contribution in [0.5, 0.6) is 5.75 Å². The van der Waals surface area contributed by atoms with E-state index in [0.717, 1.165) is 17.0 Å². The lowest BCUT2D eigenvalue weighted by atomic mass is 9.84. The number of ketones is 1. The zero-order valence-corrected chi connectivity index (χ0v) is 19.0. The average Bonchev–Trinajstić information content (AvgIpc) is 3.01. The van der Waals surface area contributed by atoms with Gasteiger partial charge in [0.15, 0.2) is 5.78 Å². The number of aromatic amines is 1. The number of likely N-dealkylation sites (tertiary alicyclic amines) is 1. The van der Waals surface area contributed by atoms with Gasteiger partial charge in [-0.25, -0.2) is 0 Å². The minimum Gasteiger partial charge on any atom is -0.486 e. The molecule has 0 saturated carbocycles. The molecule has 4 rings (SSSR count). The molecule has 0 bridgehead atoms. The maximum Gasteiger partial charge on any atom is 0.242 e. The zero-order chi connectivity index (χ0) is 23.0. The molecule has 1 fully saturated rings. The molecular weight excluding hydrogens is 408 g/mol. The van der Waals surface area contributed by atoms with Crippen molar-refractivity contribution in [2.75, 3.05) is 6.54 Å². The smallest absolute Gasteiger partial charge is 0.242 e. The molecule has 2 aliphatic rings. The van der Waals surface area contributed by atoms with E-state index in [1.54, 1.807) is 24.0 Å². The van der Waals surface area contributed by atoms with Crippen LogP contribution in [0.25, 0.3) is 0 Å². The minimum atomic E-state index is -0.704. The fraction of sp³-hybridized carbons (Fsp3) is 0.500. The second-order valence-corrected chi connectivity index (χ2v) is 8.97. The van der Waals surface area contributed by atoms with E-state index in [9.17, 15) is 14.4 Å². The van der Waals surface area contributed by atoms with E-state index in [-0.39, 0.29) is 36.5 Å². The van der Waals surface area contributed by atoms with Gasteiger partial charge in [0.05, 0.1) is 23.7 Å². The molecule has 2 aliphatic heterocycles. The molecule has 0 aliphatic carbocycles. The number of nitrogens with one attached hydrogen (secondary N) is 2. The van der Waals surface area contributed by atoms with E-state index in [2.05, 4.69) is 15.5 Å². The Balaban J connectivity index is 1.45. The topological polar surface area (TPSA) is 104 Å². The molecule has 2 amide bonds. The maximum atomic E-state index is 13.0. The van der Waals surface area contributed by atoms with E-state index in [1.165, 1.54) is 0 Å². The lowest BCUT2D eigenvalue weighted by molar-refractivity contribution is -0.139. The number of hydrogen-bond donors (Lipinski definition) is 2. The Bertz CT molecular complexity index is 1040.